The highest BCUT2D eigenvalue weighted by Crippen LogP contribution is 2.09. The fourth-order valence-corrected chi connectivity index (χ4v) is 1.81. The van der Waals surface area contributed by atoms with Crippen molar-refractivity contribution in [2.45, 2.75) is 58.3 Å². The number of carboxylic acid groups (broad SMARTS) is 1. The number of amides is 3. The molecule has 10 nitrogen and oxygen atoms in total. The van der Waals surface area contributed by atoms with E-state index in [1.807, 2.05) is 6.92 Å². The number of hydrogen-bond donors (Lipinski definition) is 6. The maximum Gasteiger partial charge on any atom is 0.325 e. The van der Waals surface area contributed by atoms with Crippen LogP contribution in [0, 0.1) is 5.92 Å². The molecule has 0 radical (unpaired) electrons. The lowest BCUT2D eigenvalue weighted by Gasteiger charge is -2.26. The fourth-order valence-electron chi connectivity index (χ4n) is 1.81. The van der Waals surface area contributed by atoms with Gasteiger partial charge in [-0.3, -0.25) is 19.2 Å². The molecule has 0 aromatic rings. The van der Waals surface area contributed by atoms with Gasteiger partial charge in [0.05, 0.1) is 6.61 Å². The summed E-state index contributed by atoms with van der Waals surface area (Å²) in [4.78, 5) is 46.9. The Labute approximate surface area is 146 Å². The van der Waals surface area contributed by atoms with E-state index in [1.165, 1.54) is 13.8 Å². The number of nitrogens with one attached hydrogen (secondary N) is 3. The molecule has 144 valence electrons. The van der Waals surface area contributed by atoms with E-state index in [0.717, 1.165) is 0 Å². The molecule has 0 spiro atoms. The Balaban J connectivity index is 4.96. The summed E-state index contributed by atoms with van der Waals surface area (Å²) in [6, 6.07) is -4.19. The van der Waals surface area contributed by atoms with Gasteiger partial charge >= 0.3 is 5.97 Å². The summed E-state index contributed by atoms with van der Waals surface area (Å²) >= 11 is 0. The Kier molecular flexibility index (Phi) is 9.69. The van der Waals surface area contributed by atoms with Crippen molar-refractivity contribution in [3.8, 4) is 0 Å². The summed E-state index contributed by atoms with van der Waals surface area (Å²) in [7, 11) is 0. The van der Waals surface area contributed by atoms with Crippen LogP contribution in [0.15, 0.2) is 0 Å². The van der Waals surface area contributed by atoms with Crippen molar-refractivity contribution in [2.75, 3.05) is 6.61 Å². The predicted molar refractivity (Wildman–Crippen MR) is 89.3 cm³/mol. The summed E-state index contributed by atoms with van der Waals surface area (Å²) in [5, 5.41) is 24.8. The quantitative estimate of drug-likeness (QED) is 0.260. The molecule has 0 aliphatic heterocycles. The monoisotopic (exact) mass is 360 g/mol. The molecule has 0 aliphatic rings. The number of aliphatic hydroxyl groups is 1. The summed E-state index contributed by atoms with van der Waals surface area (Å²) in [6.07, 6.45) is 0.565. The minimum Gasteiger partial charge on any atom is -0.480 e. The number of hydrogen-bond acceptors (Lipinski definition) is 6. The Morgan fingerprint density at radius 1 is 0.920 bits per heavy atom. The van der Waals surface area contributed by atoms with Crippen LogP contribution in [-0.2, 0) is 19.2 Å². The first-order valence-corrected chi connectivity index (χ1v) is 8.05. The normalized spacial score (nSPS) is 16.7. The first-order valence-electron chi connectivity index (χ1n) is 8.05. The second-order valence-corrected chi connectivity index (χ2v) is 5.96. The number of carbonyl (C=O) groups excluding carboxylic acids is 3. The zero-order valence-corrected chi connectivity index (χ0v) is 14.9. The molecule has 5 unspecified atom stereocenters. The maximum absolute atomic E-state index is 12.3. The summed E-state index contributed by atoms with van der Waals surface area (Å²) in [5.41, 5.74) is 5.35. The molecule has 3 amide bonds. The molecule has 10 heteroatoms. The number of nitrogens with two attached hydrogens (primary N) is 1. The molecule has 7 N–H and O–H groups in total. The van der Waals surface area contributed by atoms with E-state index in [1.54, 1.807) is 6.92 Å². The van der Waals surface area contributed by atoms with E-state index in [2.05, 4.69) is 16.0 Å². The van der Waals surface area contributed by atoms with Gasteiger partial charge in [-0.05, 0) is 19.8 Å². The largest absolute Gasteiger partial charge is 0.480 e. The summed E-state index contributed by atoms with van der Waals surface area (Å²) in [5.74, 6) is -3.40. The van der Waals surface area contributed by atoms with Gasteiger partial charge in [-0.1, -0.05) is 20.3 Å². The number of aliphatic hydroxyl groups excluding tert-OH is 1. The highest BCUT2D eigenvalue weighted by Gasteiger charge is 2.30. The smallest absolute Gasteiger partial charge is 0.325 e. The van der Waals surface area contributed by atoms with Gasteiger partial charge in [-0.2, -0.15) is 0 Å². The van der Waals surface area contributed by atoms with Crippen molar-refractivity contribution in [3.63, 3.8) is 0 Å². The molecule has 0 saturated heterocycles. The molecule has 0 bridgehead atoms. The molecule has 0 saturated carbocycles. The van der Waals surface area contributed by atoms with Gasteiger partial charge < -0.3 is 31.9 Å². The van der Waals surface area contributed by atoms with Crippen molar-refractivity contribution in [3.05, 3.63) is 0 Å². The average Bonchev–Trinajstić information content (AvgIpc) is 2.57. The highest BCUT2D eigenvalue weighted by atomic mass is 16.4. The van der Waals surface area contributed by atoms with Crippen molar-refractivity contribution in [2.24, 2.45) is 11.7 Å². The Morgan fingerprint density at radius 2 is 1.44 bits per heavy atom. The number of carbonyl (C=O) groups is 4. The van der Waals surface area contributed by atoms with Gasteiger partial charge in [0.2, 0.25) is 17.7 Å². The Bertz CT molecular complexity index is 498. The predicted octanol–water partition coefficient (Wildman–Crippen LogP) is -2.07. The lowest BCUT2D eigenvalue weighted by atomic mass is 9.97. The van der Waals surface area contributed by atoms with E-state index in [-0.39, 0.29) is 5.92 Å². The molecular formula is C15H28N4O6. The van der Waals surface area contributed by atoms with Crippen molar-refractivity contribution < 1.29 is 29.4 Å². The summed E-state index contributed by atoms with van der Waals surface area (Å²) in [6.45, 7) is 5.72. The van der Waals surface area contributed by atoms with E-state index >= 15 is 0 Å². The highest BCUT2D eigenvalue weighted by molar-refractivity contribution is 5.93. The third-order valence-electron chi connectivity index (χ3n) is 3.81. The molecular weight excluding hydrogens is 332 g/mol. The third kappa shape index (κ3) is 7.48. The van der Waals surface area contributed by atoms with Crippen LogP contribution in [0.5, 0.6) is 0 Å². The molecule has 5 atom stereocenters. The van der Waals surface area contributed by atoms with Crippen LogP contribution in [0.2, 0.25) is 0 Å². The van der Waals surface area contributed by atoms with Gasteiger partial charge in [0, 0.05) is 0 Å². The molecule has 0 aromatic heterocycles. The lowest BCUT2D eigenvalue weighted by Crippen LogP contribution is -2.58. The zero-order valence-electron chi connectivity index (χ0n) is 14.9. The van der Waals surface area contributed by atoms with Crippen LogP contribution >= 0.6 is 0 Å². The van der Waals surface area contributed by atoms with Crippen molar-refractivity contribution in [1.29, 1.82) is 0 Å². The lowest BCUT2D eigenvalue weighted by molar-refractivity contribution is -0.142. The standard InChI is InChI=1S/C15H28N4O6/c1-5-7(2)11(14(23)18-9(4)15(24)25)19-12(21)8(3)17-13(22)10(16)6-20/h7-11,20H,5-6,16H2,1-4H3,(H,17,22)(H,18,23)(H,19,21)(H,24,25). The topological polar surface area (TPSA) is 171 Å². The molecule has 0 aromatic carbocycles. The molecule has 25 heavy (non-hydrogen) atoms. The van der Waals surface area contributed by atoms with E-state index in [9.17, 15) is 19.2 Å². The first kappa shape index (κ1) is 22.8. The SMILES string of the molecule is CCC(C)C(NC(=O)C(C)NC(=O)C(N)CO)C(=O)NC(C)C(=O)O. The second kappa shape index (κ2) is 10.6. The van der Waals surface area contributed by atoms with Gasteiger partial charge in [-0.25, -0.2) is 0 Å². The van der Waals surface area contributed by atoms with Crippen LogP contribution in [0.3, 0.4) is 0 Å². The first-order chi connectivity index (χ1) is 11.5. The van der Waals surface area contributed by atoms with E-state index in [0.29, 0.717) is 6.42 Å². The van der Waals surface area contributed by atoms with E-state index in [4.69, 9.17) is 15.9 Å². The minimum atomic E-state index is -1.19. The van der Waals surface area contributed by atoms with Crippen LogP contribution in [-0.4, -0.2) is 64.7 Å². The van der Waals surface area contributed by atoms with Crippen LogP contribution in [0.1, 0.15) is 34.1 Å². The van der Waals surface area contributed by atoms with Crippen molar-refractivity contribution >= 4 is 23.7 Å². The number of aliphatic carboxylic acids is 1. The fraction of sp³-hybridized carbons (Fsp3) is 0.733. The van der Waals surface area contributed by atoms with Crippen LogP contribution in [0.4, 0.5) is 0 Å². The zero-order chi connectivity index (χ0) is 19.7. The average molecular weight is 360 g/mol. The summed E-state index contributed by atoms with van der Waals surface area (Å²) < 4.78 is 0. The minimum absolute atomic E-state index is 0.257. The number of rotatable bonds is 10. The molecule has 0 aliphatic carbocycles. The molecule has 0 fully saturated rings. The number of carboxylic acids is 1. The van der Waals surface area contributed by atoms with E-state index < -0.39 is 54.5 Å². The van der Waals surface area contributed by atoms with Gasteiger partial charge in [0.15, 0.2) is 0 Å². The second-order valence-electron chi connectivity index (χ2n) is 5.96. The third-order valence-corrected chi connectivity index (χ3v) is 3.81. The van der Waals surface area contributed by atoms with Crippen LogP contribution < -0.4 is 21.7 Å². The maximum atomic E-state index is 12.3. The molecule has 0 heterocycles. The van der Waals surface area contributed by atoms with Crippen LogP contribution in [0.25, 0.3) is 0 Å². The van der Waals surface area contributed by atoms with Gasteiger partial charge in [0.25, 0.3) is 0 Å². The van der Waals surface area contributed by atoms with Crippen molar-refractivity contribution in [1.82, 2.24) is 16.0 Å². The van der Waals surface area contributed by atoms with Gasteiger partial charge in [-0.15, -0.1) is 0 Å². The van der Waals surface area contributed by atoms with Gasteiger partial charge in [0.1, 0.15) is 24.2 Å². The Hall–Kier alpha value is -2.20. The molecule has 0 rings (SSSR count). The Morgan fingerprint density at radius 3 is 1.88 bits per heavy atom.